The zero-order chi connectivity index (χ0) is 22.2. The largest absolute Gasteiger partial charge is 0.497 e. The SMILES string of the molecule is COc1ccccc1.O=C1N[C@H](c2cccc(C#Cc3cc4ccccc4cn3)c2)CO1. The molecule has 0 bridgehead atoms. The maximum Gasteiger partial charge on any atom is 0.407 e. The molecule has 1 aliphatic rings. The Labute approximate surface area is 187 Å². The van der Waals surface area contributed by atoms with Crippen LogP contribution in [-0.4, -0.2) is 24.8 Å². The van der Waals surface area contributed by atoms with Gasteiger partial charge in [-0.05, 0) is 47.2 Å². The molecule has 0 spiro atoms. The molecule has 0 radical (unpaired) electrons. The van der Waals surface area contributed by atoms with Crippen LogP contribution in [0.1, 0.15) is 22.9 Å². The van der Waals surface area contributed by atoms with Gasteiger partial charge in [0.05, 0.1) is 13.2 Å². The van der Waals surface area contributed by atoms with Gasteiger partial charge in [0.15, 0.2) is 0 Å². The summed E-state index contributed by atoms with van der Waals surface area (Å²) in [4.78, 5) is 15.5. The molecule has 0 unspecified atom stereocenters. The van der Waals surface area contributed by atoms with Crippen molar-refractivity contribution in [1.82, 2.24) is 10.3 Å². The summed E-state index contributed by atoms with van der Waals surface area (Å²) in [5.41, 5.74) is 2.60. The highest BCUT2D eigenvalue weighted by atomic mass is 16.6. The van der Waals surface area contributed by atoms with Crippen LogP contribution in [-0.2, 0) is 4.74 Å². The lowest BCUT2D eigenvalue weighted by molar-refractivity contribution is 0.177. The second-order valence-corrected chi connectivity index (χ2v) is 7.10. The van der Waals surface area contributed by atoms with E-state index in [9.17, 15) is 4.79 Å². The minimum Gasteiger partial charge on any atom is -0.497 e. The number of methoxy groups -OCH3 is 1. The molecule has 3 aromatic carbocycles. The summed E-state index contributed by atoms with van der Waals surface area (Å²) in [6.45, 7) is 0.349. The van der Waals surface area contributed by atoms with Gasteiger partial charge in [-0.25, -0.2) is 9.78 Å². The lowest BCUT2D eigenvalue weighted by Crippen LogP contribution is -2.18. The van der Waals surface area contributed by atoms with Gasteiger partial charge < -0.3 is 14.8 Å². The smallest absolute Gasteiger partial charge is 0.407 e. The van der Waals surface area contributed by atoms with Crippen LogP contribution in [0, 0.1) is 11.8 Å². The summed E-state index contributed by atoms with van der Waals surface area (Å²) in [7, 11) is 1.66. The fourth-order valence-electron chi connectivity index (χ4n) is 3.24. The summed E-state index contributed by atoms with van der Waals surface area (Å²) >= 11 is 0. The first-order valence-electron chi connectivity index (χ1n) is 10.2. The van der Waals surface area contributed by atoms with Crippen molar-refractivity contribution < 1.29 is 14.3 Å². The van der Waals surface area contributed by atoms with Crippen molar-refractivity contribution in [1.29, 1.82) is 0 Å². The molecule has 1 N–H and O–H groups in total. The van der Waals surface area contributed by atoms with E-state index in [0.717, 1.165) is 33.3 Å². The summed E-state index contributed by atoms with van der Waals surface area (Å²) in [5.74, 6) is 7.14. The Hall–Kier alpha value is -4.30. The minimum atomic E-state index is -0.378. The standard InChI is InChI=1S/C20H14N2O2.C7H8O/c23-20-22-19(13-24-20)16-7-3-4-14(10-16)8-9-18-11-15-5-1-2-6-17(15)12-21-18;1-8-7-5-3-2-4-6-7/h1-7,10-12,19H,13H2,(H,22,23);2-6H,1H3/t19-;/m0./s1. The number of amides is 1. The molecule has 1 aliphatic heterocycles. The van der Waals surface area contributed by atoms with E-state index in [1.54, 1.807) is 7.11 Å². The van der Waals surface area contributed by atoms with Crippen molar-refractivity contribution in [2.75, 3.05) is 13.7 Å². The second kappa shape index (κ2) is 10.1. The van der Waals surface area contributed by atoms with Gasteiger partial charge in [-0.2, -0.15) is 0 Å². The van der Waals surface area contributed by atoms with E-state index in [4.69, 9.17) is 9.47 Å². The van der Waals surface area contributed by atoms with E-state index in [-0.39, 0.29) is 12.1 Å². The van der Waals surface area contributed by atoms with Crippen LogP contribution in [0.2, 0.25) is 0 Å². The lowest BCUT2D eigenvalue weighted by Gasteiger charge is -2.07. The van der Waals surface area contributed by atoms with Crippen LogP contribution in [0.25, 0.3) is 10.8 Å². The van der Waals surface area contributed by atoms with E-state index in [1.807, 2.05) is 91.1 Å². The monoisotopic (exact) mass is 422 g/mol. The number of aromatic nitrogens is 1. The van der Waals surface area contributed by atoms with Crippen LogP contribution in [0.4, 0.5) is 4.79 Å². The number of ether oxygens (including phenoxy) is 2. The van der Waals surface area contributed by atoms with Gasteiger partial charge in [-0.1, -0.05) is 60.5 Å². The number of fused-ring (bicyclic) bond motifs is 1. The molecule has 32 heavy (non-hydrogen) atoms. The van der Waals surface area contributed by atoms with Gasteiger partial charge >= 0.3 is 6.09 Å². The number of carbonyl (C=O) groups is 1. The Morgan fingerprint density at radius 1 is 0.938 bits per heavy atom. The van der Waals surface area contributed by atoms with Crippen LogP contribution in [0.5, 0.6) is 5.75 Å². The van der Waals surface area contributed by atoms with Gasteiger partial charge in [-0.3, -0.25) is 0 Å². The molecule has 5 rings (SSSR count). The van der Waals surface area contributed by atoms with Crippen LogP contribution in [0.15, 0.2) is 91.1 Å². The number of hydrogen-bond acceptors (Lipinski definition) is 4. The van der Waals surface area contributed by atoms with E-state index >= 15 is 0 Å². The van der Waals surface area contributed by atoms with Crippen molar-refractivity contribution in [3.05, 3.63) is 108 Å². The number of para-hydroxylation sites is 1. The van der Waals surface area contributed by atoms with Crippen LogP contribution < -0.4 is 10.1 Å². The third-order valence-corrected chi connectivity index (χ3v) is 4.91. The zero-order valence-electron chi connectivity index (χ0n) is 17.6. The predicted octanol–water partition coefficient (Wildman–Crippen LogP) is 5.11. The summed E-state index contributed by atoms with van der Waals surface area (Å²) in [5, 5.41) is 4.99. The average molecular weight is 422 g/mol. The number of carbonyl (C=O) groups excluding carboxylic acids is 1. The van der Waals surface area contributed by atoms with Gasteiger partial charge in [-0.15, -0.1) is 0 Å². The van der Waals surface area contributed by atoms with Crippen molar-refractivity contribution >= 4 is 16.9 Å². The molecule has 158 valence electrons. The van der Waals surface area contributed by atoms with Crippen molar-refractivity contribution in [3.63, 3.8) is 0 Å². The van der Waals surface area contributed by atoms with E-state index in [1.165, 1.54) is 0 Å². The molecular formula is C27H22N2O3. The summed E-state index contributed by atoms with van der Waals surface area (Å²) < 4.78 is 9.85. The maximum absolute atomic E-state index is 11.2. The molecule has 1 aromatic heterocycles. The molecule has 5 heteroatoms. The lowest BCUT2D eigenvalue weighted by atomic mass is 10.0. The molecular weight excluding hydrogens is 400 g/mol. The molecule has 5 nitrogen and oxygen atoms in total. The topological polar surface area (TPSA) is 60.5 Å². The molecule has 4 aromatic rings. The Morgan fingerprint density at radius 3 is 2.44 bits per heavy atom. The Morgan fingerprint density at radius 2 is 1.72 bits per heavy atom. The molecule has 1 amide bonds. The highest BCUT2D eigenvalue weighted by molar-refractivity contribution is 5.82. The number of pyridine rings is 1. The highest BCUT2D eigenvalue weighted by Crippen LogP contribution is 2.19. The number of benzene rings is 3. The third-order valence-electron chi connectivity index (χ3n) is 4.91. The molecule has 1 fully saturated rings. The maximum atomic E-state index is 11.2. The number of rotatable bonds is 2. The first-order chi connectivity index (χ1) is 15.7. The van der Waals surface area contributed by atoms with Crippen LogP contribution in [0.3, 0.4) is 0 Å². The fraction of sp³-hybridized carbons (Fsp3) is 0.111. The molecule has 1 saturated heterocycles. The Bertz CT molecular complexity index is 1280. The zero-order valence-corrected chi connectivity index (χ0v) is 17.6. The number of nitrogens with zero attached hydrogens (tertiary/aromatic N) is 1. The molecule has 0 aliphatic carbocycles. The van der Waals surface area contributed by atoms with Crippen molar-refractivity contribution in [3.8, 4) is 17.6 Å². The molecule has 1 atom stereocenters. The predicted molar refractivity (Wildman–Crippen MR) is 124 cm³/mol. The van der Waals surface area contributed by atoms with E-state index < -0.39 is 0 Å². The van der Waals surface area contributed by atoms with Gasteiger partial charge in [0.2, 0.25) is 0 Å². The minimum absolute atomic E-state index is 0.113. The Balaban J connectivity index is 0.000000260. The first kappa shape index (κ1) is 21.0. The number of alkyl carbamates (subject to hydrolysis) is 1. The van der Waals surface area contributed by atoms with Gasteiger partial charge in [0.25, 0.3) is 0 Å². The number of hydrogen-bond donors (Lipinski definition) is 1. The summed E-state index contributed by atoms with van der Waals surface area (Å²) in [6.07, 6.45) is 1.46. The Kier molecular flexibility index (Phi) is 6.64. The van der Waals surface area contributed by atoms with Gasteiger partial charge in [0.1, 0.15) is 18.1 Å². The molecule has 2 heterocycles. The van der Waals surface area contributed by atoms with Crippen molar-refractivity contribution in [2.45, 2.75) is 6.04 Å². The molecule has 0 saturated carbocycles. The van der Waals surface area contributed by atoms with Crippen molar-refractivity contribution in [2.24, 2.45) is 0 Å². The number of nitrogens with one attached hydrogen (secondary N) is 1. The average Bonchev–Trinajstić information content (AvgIpc) is 3.30. The third kappa shape index (κ3) is 5.44. The summed E-state index contributed by atoms with van der Waals surface area (Å²) in [6, 6.07) is 27.4. The quantitative estimate of drug-likeness (QED) is 0.456. The van der Waals surface area contributed by atoms with Gasteiger partial charge in [0, 0.05) is 17.1 Å². The fourth-order valence-corrected chi connectivity index (χ4v) is 3.24. The first-order valence-corrected chi connectivity index (χ1v) is 10.2. The van der Waals surface area contributed by atoms with E-state index in [2.05, 4.69) is 22.1 Å². The normalized spacial score (nSPS) is 14.3. The number of cyclic esters (lactones) is 1. The van der Waals surface area contributed by atoms with E-state index in [0.29, 0.717) is 6.61 Å². The second-order valence-electron chi connectivity index (χ2n) is 7.10. The highest BCUT2D eigenvalue weighted by Gasteiger charge is 2.23. The van der Waals surface area contributed by atoms with Crippen LogP contribution >= 0.6 is 0 Å².